The highest BCUT2D eigenvalue weighted by Gasteiger charge is 2.72. The molecule has 19 heteroatoms. The van der Waals surface area contributed by atoms with Crippen molar-refractivity contribution >= 4 is 5.97 Å². The lowest BCUT2D eigenvalue weighted by atomic mass is 9.46. The van der Waals surface area contributed by atoms with Crippen molar-refractivity contribution in [1.29, 1.82) is 0 Å². The molecule has 9 N–H and O–H groups in total. The topological polar surface area (TPSA) is 282 Å². The minimum Gasteiger partial charge on any atom is -0.457 e. The average Bonchev–Trinajstić information content (AvgIpc) is 3.71. The molecule has 9 rings (SSSR count). The lowest BCUT2D eigenvalue weighted by Gasteiger charge is -2.60. The molecule has 0 unspecified atom stereocenters. The summed E-state index contributed by atoms with van der Waals surface area (Å²) in [6.07, 6.45) is -17.3. The fourth-order valence-corrected chi connectivity index (χ4v) is 13.9. The summed E-state index contributed by atoms with van der Waals surface area (Å²) < 4.78 is 55.5. The van der Waals surface area contributed by atoms with Crippen LogP contribution in [0, 0.1) is 40.4 Å². The van der Waals surface area contributed by atoms with E-state index in [9.17, 15) is 50.8 Å². The zero-order valence-electron chi connectivity index (χ0n) is 37.0. The molecular weight excluding hydrogens is 844 g/mol. The van der Waals surface area contributed by atoms with E-state index >= 15 is 0 Å². The summed E-state index contributed by atoms with van der Waals surface area (Å²) in [6, 6.07) is 0. The monoisotopic (exact) mass is 912 g/mol. The van der Waals surface area contributed by atoms with Crippen LogP contribution in [0.3, 0.4) is 0 Å². The second-order valence-corrected chi connectivity index (χ2v) is 20.6. The molecule has 26 atom stereocenters. The summed E-state index contributed by atoms with van der Waals surface area (Å²) in [5, 5.41) is 98.9. The summed E-state index contributed by atoms with van der Waals surface area (Å²) in [5.74, 6) is -1.69. The van der Waals surface area contributed by atoms with E-state index in [0.29, 0.717) is 12.0 Å². The van der Waals surface area contributed by atoms with Gasteiger partial charge in [-0.3, -0.25) is 4.79 Å². The van der Waals surface area contributed by atoms with Crippen LogP contribution in [0.25, 0.3) is 0 Å². The molecule has 0 amide bonds. The maximum atomic E-state index is 11.8. The number of hydrogen-bond acceptors (Lipinski definition) is 19. The highest BCUT2D eigenvalue weighted by Crippen LogP contribution is 2.71. The second-order valence-electron chi connectivity index (χ2n) is 20.6. The van der Waals surface area contributed by atoms with Gasteiger partial charge in [0.1, 0.15) is 61.0 Å². The van der Waals surface area contributed by atoms with Crippen molar-refractivity contribution in [2.45, 2.75) is 189 Å². The van der Waals surface area contributed by atoms with E-state index in [4.69, 9.17) is 42.6 Å². The van der Waals surface area contributed by atoms with Crippen molar-refractivity contribution in [2.75, 3.05) is 19.8 Å². The number of rotatable bonds is 7. The summed E-state index contributed by atoms with van der Waals surface area (Å²) >= 11 is 0. The number of aliphatic hydroxyl groups is 9. The third kappa shape index (κ3) is 7.48. The third-order valence-electron chi connectivity index (χ3n) is 17.2. The number of carbonyl (C=O) groups is 1. The SMILES string of the molecule is C=C1CO[C@@]2(O[C@H]3C[C@H]4[C@@H]5CC=C6C[C@@H](O)C[C@@H](O[C@@H]7OC[C@H](O)[C@H](O[C@@H]8OC[C@@H](O)[C@H](O)[C@H]8O)[C@H]7O[C@@H]7O[C@@H](C)[C@H](OC(C)=O)[C@@H](O)[C@H]7O)[C@]6(C)[C@H]5CC[C@]4(C)[C@H]3[C@@H]2C)[C@@H](O)[C@H]1O. The van der Waals surface area contributed by atoms with Gasteiger partial charge in [0.05, 0.1) is 44.2 Å². The Bertz CT molecular complexity index is 1780. The summed E-state index contributed by atoms with van der Waals surface area (Å²) in [4.78, 5) is 11.8. The molecule has 5 heterocycles. The Labute approximate surface area is 372 Å². The lowest BCUT2D eigenvalue weighted by Crippen LogP contribution is -2.65. The highest BCUT2D eigenvalue weighted by molar-refractivity contribution is 5.66. The molecule has 1 spiro atoms. The molecule has 362 valence electrons. The van der Waals surface area contributed by atoms with Crippen LogP contribution in [-0.4, -0.2) is 188 Å². The van der Waals surface area contributed by atoms with Crippen LogP contribution < -0.4 is 0 Å². The molecule has 0 radical (unpaired) electrons. The van der Waals surface area contributed by atoms with Crippen molar-refractivity contribution in [3.05, 3.63) is 23.8 Å². The van der Waals surface area contributed by atoms with Gasteiger partial charge < -0.3 is 88.6 Å². The molecule has 4 aliphatic carbocycles. The van der Waals surface area contributed by atoms with Gasteiger partial charge in [-0.2, -0.15) is 0 Å². The molecule has 3 saturated carbocycles. The zero-order valence-corrected chi connectivity index (χ0v) is 37.0. The van der Waals surface area contributed by atoms with Crippen molar-refractivity contribution in [2.24, 2.45) is 40.4 Å². The Morgan fingerprint density at radius 1 is 0.812 bits per heavy atom. The van der Waals surface area contributed by atoms with Crippen molar-refractivity contribution in [3.63, 3.8) is 0 Å². The normalized spacial score (nSPS) is 56.1. The second kappa shape index (κ2) is 17.3. The van der Waals surface area contributed by atoms with E-state index in [0.717, 1.165) is 38.2 Å². The number of ether oxygens (including phenoxy) is 9. The number of aliphatic hydroxyl groups excluding tert-OH is 9. The number of carbonyl (C=O) groups excluding carboxylic acids is 1. The first kappa shape index (κ1) is 47.3. The van der Waals surface area contributed by atoms with Crippen molar-refractivity contribution in [1.82, 2.24) is 0 Å². The molecule has 0 aromatic rings. The van der Waals surface area contributed by atoms with Gasteiger partial charge in [-0.15, -0.1) is 0 Å². The minimum absolute atomic E-state index is 0.0564. The van der Waals surface area contributed by atoms with Crippen molar-refractivity contribution in [3.8, 4) is 0 Å². The molecule has 0 aromatic heterocycles. The predicted octanol–water partition coefficient (Wildman–Crippen LogP) is -1.10. The fourth-order valence-electron chi connectivity index (χ4n) is 13.9. The van der Waals surface area contributed by atoms with Gasteiger partial charge in [-0.05, 0) is 73.7 Å². The predicted molar refractivity (Wildman–Crippen MR) is 216 cm³/mol. The van der Waals surface area contributed by atoms with Crippen LogP contribution in [0.1, 0.15) is 73.1 Å². The van der Waals surface area contributed by atoms with Crippen LogP contribution in [-0.2, 0) is 47.4 Å². The Morgan fingerprint density at radius 2 is 1.50 bits per heavy atom. The summed E-state index contributed by atoms with van der Waals surface area (Å²) in [7, 11) is 0. The first-order chi connectivity index (χ1) is 30.2. The Kier molecular flexibility index (Phi) is 12.8. The van der Waals surface area contributed by atoms with Crippen LogP contribution in [0.2, 0.25) is 0 Å². The Hall–Kier alpha value is -1.73. The largest absolute Gasteiger partial charge is 0.457 e. The van der Waals surface area contributed by atoms with Gasteiger partial charge in [-0.25, -0.2) is 0 Å². The highest BCUT2D eigenvalue weighted by atomic mass is 16.8. The first-order valence-electron chi connectivity index (χ1n) is 23.0. The Morgan fingerprint density at radius 3 is 2.23 bits per heavy atom. The third-order valence-corrected chi connectivity index (χ3v) is 17.2. The van der Waals surface area contributed by atoms with E-state index in [1.807, 2.05) is 0 Å². The standard InChI is InChI=1S/C45H68O19/c1-17-14-58-45(39(55)31(17)50)18(2)30-28(64-45)13-25-23-8-7-21-11-22(47)12-29(44(21,6)24(23)9-10-43(25,30)5)61-42-38(63-41-35(54)33(52)36(19(3)59-41)60-20(4)46)37(27(49)16-57-42)62-40-34(53)32(51)26(48)15-56-40/h7,18-19,22-42,47-55H,1,8-16H2,2-6H3/t18-,19-,22+,23+,24-,25-,26+,27-,28-,29+,30-,31-,32-,33-,34+,35+,36-,37-,38+,39-,40-,41-,42-,43-,44-,45-/m0/s1. The van der Waals surface area contributed by atoms with Crippen molar-refractivity contribution < 1.29 is 93.4 Å². The summed E-state index contributed by atoms with van der Waals surface area (Å²) in [6.45, 7) is 12.5. The van der Waals surface area contributed by atoms with Crippen LogP contribution in [0.15, 0.2) is 23.8 Å². The molecule has 0 bridgehead atoms. The van der Waals surface area contributed by atoms with Gasteiger partial charge in [0.15, 0.2) is 25.0 Å². The average molecular weight is 913 g/mol. The van der Waals surface area contributed by atoms with E-state index < -0.39 is 128 Å². The molecular formula is C45H68O19. The number of allylic oxidation sites excluding steroid dienone is 1. The van der Waals surface area contributed by atoms with E-state index in [1.165, 1.54) is 6.92 Å². The first-order valence-corrected chi connectivity index (χ1v) is 23.0. The van der Waals surface area contributed by atoms with Gasteiger partial charge in [0.25, 0.3) is 0 Å². The maximum absolute atomic E-state index is 11.8. The van der Waals surface area contributed by atoms with Crippen LogP contribution in [0.5, 0.6) is 0 Å². The Balaban J connectivity index is 0.994. The van der Waals surface area contributed by atoms with E-state index in [-0.39, 0.29) is 60.7 Å². The van der Waals surface area contributed by atoms with Gasteiger partial charge >= 0.3 is 5.97 Å². The quantitative estimate of drug-likeness (QED) is 0.108. The molecule has 8 fully saturated rings. The number of fused-ring (bicyclic) bond motifs is 7. The fraction of sp³-hybridized carbons (Fsp3) is 0.889. The zero-order chi connectivity index (χ0) is 45.9. The molecule has 9 aliphatic rings. The molecule has 5 saturated heterocycles. The van der Waals surface area contributed by atoms with E-state index in [1.54, 1.807) is 0 Å². The van der Waals surface area contributed by atoms with Gasteiger partial charge in [0, 0.05) is 24.7 Å². The number of esters is 1. The van der Waals surface area contributed by atoms with Crippen LogP contribution >= 0.6 is 0 Å². The minimum atomic E-state index is -1.78. The number of hydrogen-bond donors (Lipinski definition) is 9. The van der Waals surface area contributed by atoms with E-state index in [2.05, 4.69) is 33.4 Å². The lowest BCUT2D eigenvalue weighted by molar-refractivity contribution is -0.382. The van der Waals surface area contributed by atoms with Crippen LogP contribution in [0.4, 0.5) is 0 Å². The maximum Gasteiger partial charge on any atom is 0.303 e. The van der Waals surface area contributed by atoms with Gasteiger partial charge in [0.2, 0.25) is 5.79 Å². The molecule has 0 aromatic carbocycles. The molecule has 64 heavy (non-hydrogen) atoms. The summed E-state index contributed by atoms with van der Waals surface area (Å²) in [5.41, 5.74) is 0.664. The molecule has 19 nitrogen and oxygen atoms in total. The molecule has 5 aliphatic heterocycles. The smallest absolute Gasteiger partial charge is 0.303 e. The van der Waals surface area contributed by atoms with Gasteiger partial charge in [-0.1, -0.05) is 39.0 Å².